The molecule has 0 unspecified atom stereocenters. The Bertz CT molecular complexity index is 293. The van der Waals surface area contributed by atoms with Gasteiger partial charge in [0.1, 0.15) is 0 Å². The first-order valence-corrected chi connectivity index (χ1v) is 6.88. The normalized spacial score (nSPS) is 41.9. The number of hydrogen-bond donors (Lipinski definition) is 2. The standard InChI is InChI=1S/C14H23NO/c16-12-13(7-3-1-4-8-13)11-15-14(12)9-5-2-6-10-14/h5,9,12,15-16H,1-4,6-8,10-11H2/t12-,14-/m1/s1. The van der Waals surface area contributed by atoms with Crippen LogP contribution < -0.4 is 5.32 Å². The quantitative estimate of drug-likeness (QED) is 0.616. The van der Waals surface area contributed by atoms with E-state index in [1.165, 1.54) is 44.9 Å². The van der Waals surface area contributed by atoms with E-state index in [4.69, 9.17) is 0 Å². The lowest BCUT2D eigenvalue weighted by molar-refractivity contribution is 0.000767. The maximum Gasteiger partial charge on any atom is 0.0825 e. The molecule has 1 aliphatic heterocycles. The van der Waals surface area contributed by atoms with E-state index in [1.807, 2.05) is 0 Å². The highest BCUT2D eigenvalue weighted by atomic mass is 16.3. The summed E-state index contributed by atoms with van der Waals surface area (Å²) in [5, 5.41) is 14.4. The molecule has 90 valence electrons. The second-order valence-corrected chi connectivity index (χ2v) is 6.01. The van der Waals surface area contributed by atoms with Gasteiger partial charge in [0.15, 0.2) is 0 Å². The minimum Gasteiger partial charge on any atom is -0.390 e. The van der Waals surface area contributed by atoms with E-state index in [0.717, 1.165) is 13.0 Å². The summed E-state index contributed by atoms with van der Waals surface area (Å²) >= 11 is 0. The van der Waals surface area contributed by atoms with Gasteiger partial charge in [-0.05, 0) is 32.1 Å². The molecule has 3 aliphatic rings. The molecule has 16 heavy (non-hydrogen) atoms. The van der Waals surface area contributed by atoms with Crippen molar-refractivity contribution in [1.82, 2.24) is 5.32 Å². The highest BCUT2D eigenvalue weighted by molar-refractivity contribution is 5.22. The molecule has 2 nitrogen and oxygen atoms in total. The second-order valence-electron chi connectivity index (χ2n) is 6.01. The monoisotopic (exact) mass is 221 g/mol. The van der Waals surface area contributed by atoms with E-state index in [9.17, 15) is 5.11 Å². The average molecular weight is 221 g/mol. The van der Waals surface area contributed by atoms with Crippen molar-refractivity contribution in [2.75, 3.05) is 6.54 Å². The molecule has 2 N–H and O–H groups in total. The first kappa shape index (κ1) is 10.8. The Balaban J connectivity index is 1.85. The van der Waals surface area contributed by atoms with Crippen LogP contribution >= 0.6 is 0 Å². The van der Waals surface area contributed by atoms with Gasteiger partial charge in [0, 0.05) is 12.0 Å². The Hall–Kier alpha value is -0.340. The molecule has 2 fully saturated rings. The summed E-state index contributed by atoms with van der Waals surface area (Å²) in [6.07, 6.45) is 14.3. The van der Waals surface area contributed by atoms with Crippen molar-refractivity contribution < 1.29 is 5.11 Å². The van der Waals surface area contributed by atoms with Crippen LogP contribution in [0.4, 0.5) is 0 Å². The van der Waals surface area contributed by atoms with Crippen molar-refractivity contribution in [3.05, 3.63) is 12.2 Å². The summed E-state index contributed by atoms with van der Waals surface area (Å²) in [6.45, 7) is 1.03. The predicted molar refractivity (Wildman–Crippen MR) is 65.2 cm³/mol. The van der Waals surface area contributed by atoms with Crippen molar-refractivity contribution in [2.24, 2.45) is 5.41 Å². The zero-order valence-corrected chi connectivity index (χ0v) is 10.0. The third-order valence-electron chi connectivity index (χ3n) is 5.06. The van der Waals surface area contributed by atoms with E-state index >= 15 is 0 Å². The number of aliphatic hydroxyl groups excluding tert-OH is 1. The Kier molecular flexibility index (Phi) is 2.60. The van der Waals surface area contributed by atoms with Gasteiger partial charge in [0.25, 0.3) is 0 Å². The van der Waals surface area contributed by atoms with Gasteiger partial charge in [-0.25, -0.2) is 0 Å². The van der Waals surface area contributed by atoms with Gasteiger partial charge in [-0.1, -0.05) is 31.4 Å². The molecule has 2 atom stereocenters. The molecule has 0 bridgehead atoms. The molecular formula is C14H23NO. The summed E-state index contributed by atoms with van der Waals surface area (Å²) in [4.78, 5) is 0. The second kappa shape index (κ2) is 3.85. The summed E-state index contributed by atoms with van der Waals surface area (Å²) < 4.78 is 0. The van der Waals surface area contributed by atoms with Crippen molar-refractivity contribution in [2.45, 2.75) is 63.0 Å². The Morgan fingerprint density at radius 1 is 1.06 bits per heavy atom. The van der Waals surface area contributed by atoms with Crippen molar-refractivity contribution in [1.29, 1.82) is 0 Å². The summed E-state index contributed by atoms with van der Waals surface area (Å²) in [6, 6.07) is 0. The van der Waals surface area contributed by atoms with E-state index in [1.54, 1.807) is 0 Å². The highest BCUT2D eigenvalue weighted by Crippen LogP contribution is 2.48. The van der Waals surface area contributed by atoms with Crippen LogP contribution in [0, 0.1) is 5.41 Å². The molecule has 1 saturated heterocycles. The maximum absolute atomic E-state index is 10.8. The smallest absolute Gasteiger partial charge is 0.0825 e. The fourth-order valence-electron chi connectivity index (χ4n) is 4.05. The lowest BCUT2D eigenvalue weighted by Gasteiger charge is -2.40. The molecule has 1 saturated carbocycles. The topological polar surface area (TPSA) is 32.3 Å². The van der Waals surface area contributed by atoms with Gasteiger partial charge in [0.2, 0.25) is 0 Å². The Labute approximate surface area is 98.1 Å². The molecule has 0 aromatic heterocycles. The largest absolute Gasteiger partial charge is 0.390 e. The van der Waals surface area contributed by atoms with Crippen LogP contribution in [-0.4, -0.2) is 23.3 Å². The fourth-order valence-corrected chi connectivity index (χ4v) is 4.05. The van der Waals surface area contributed by atoms with Gasteiger partial charge >= 0.3 is 0 Å². The SMILES string of the molecule is O[C@@H]1C2(CCCCC2)CN[C@@]12C=CCCC2. The first-order chi connectivity index (χ1) is 7.78. The minimum absolute atomic E-state index is 0.0738. The van der Waals surface area contributed by atoms with Gasteiger partial charge in [0.05, 0.1) is 11.6 Å². The van der Waals surface area contributed by atoms with Crippen LogP contribution in [0.25, 0.3) is 0 Å². The molecule has 2 spiro atoms. The van der Waals surface area contributed by atoms with Crippen LogP contribution in [0.1, 0.15) is 51.4 Å². The molecule has 3 rings (SSSR count). The third kappa shape index (κ3) is 1.46. The van der Waals surface area contributed by atoms with Crippen molar-refractivity contribution in [3.63, 3.8) is 0 Å². The summed E-state index contributed by atoms with van der Waals surface area (Å²) in [7, 11) is 0. The third-order valence-corrected chi connectivity index (χ3v) is 5.06. The fraction of sp³-hybridized carbons (Fsp3) is 0.857. The number of aliphatic hydroxyl groups is 1. The zero-order valence-electron chi connectivity index (χ0n) is 10.0. The van der Waals surface area contributed by atoms with Crippen LogP contribution in [0.15, 0.2) is 12.2 Å². The van der Waals surface area contributed by atoms with Crippen molar-refractivity contribution in [3.8, 4) is 0 Å². The van der Waals surface area contributed by atoms with Gasteiger partial charge < -0.3 is 10.4 Å². The molecule has 2 aliphatic carbocycles. The lowest BCUT2D eigenvalue weighted by Crippen LogP contribution is -2.49. The van der Waals surface area contributed by atoms with Crippen LogP contribution in [0.3, 0.4) is 0 Å². The van der Waals surface area contributed by atoms with Gasteiger partial charge in [-0.2, -0.15) is 0 Å². The lowest BCUT2D eigenvalue weighted by atomic mass is 9.67. The average Bonchev–Trinajstić information content (AvgIpc) is 2.59. The minimum atomic E-state index is -0.156. The molecule has 0 amide bonds. The molecule has 0 radical (unpaired) electrons. The number of allylic oxidation sites excluding steroid dienone is 1. The molecule has 0 aromatic rings. The van der Waals surface area contributed by atoms with Gasteiger partial charge in [-0.15, -0.1) is 0 Å². The predicted octanol–water partition coefficient (Wildman–Crippen LogP) is 2.38. The number of rotatable bonds is 0. The first-order valence-electron chi connectivity index (χ1n) is 6.88. The van der Waals surface area contributed by atoms with E-state index in [-0.39, 0.29) is 17.1 Å². The van der Waals surface area contributed by atoms with Gasteiger partial charge in [-0.3, -0.25) is 0 Å². The number of nitrogens with one attached hydrogen (secondary N) is 1. The summed E-state index contributed by atoms with van der Waals surface area (Å²) in [5.74, 6) is 0. The molecule has 2 heteroatoms. The summed E-state index contributed by atoms with van der Waals surface area (Å²) in [5.41, 5.74) is 0.121. The van der Waals surface area contributed by atoms with Crippen molar-refractivity contribution >= 4 is 0 Å². The zero-order chi connectivity index (χ0) is 11.1. The van der Waals surface area contributed by atoms with Crippen LogP contribution in [0.2, 0.25) is 0 Å². The van der Waals surface area contributed by atoms with E-state index in [2.05, 4.69) is 17.5 Å². The van der Waals surface area contributed by atoms with E-state index < -0.39 is 0 Å². The van der Waals surface area contributed by atoms with Crippen LogP contribution in [-0.2, 0) is 0 Å². The molecule has 1 heterocycles. The maximum atomic E-state index is 10.8. The molecular weight excluding hydrogens is 198 g/mol. The van der Waals surface area contributed by atoms with E-state index in [0.29, 0.717) is 0 Å². The highest BCUT2D eigenvalue weighted by Gasteiger charge is 2.54. The molecule has 0 aromatic carbocycles. The Morgan fingerprint density at radius 2 is 1.88 bits per heavy atom. The number of hydrogen-bond acceptors (Lipinski definition) is 2. The Morgan fingerprint density at radius 3 is 2.56 bits per heavy atom. The van der Waals surface area contributed by atoms with Crippen LogP contribution in [0.5, 0.6) is 0 Å².